The Hall–Kier alpha value is -1.26. The Morgan fingerprint density at radius 1 is 1.21 bits per heavy atom. The number of aromatic carboxylic acids is 1. The van der Waals surface area contributed by atoms with Crippen molar-refractivity contribution in [2.75, 3.05) is 31.1 Å². The lowest BCUT2D eigenvalue weighted by atomic mass is 10.1. The van der Waals surface area contributed by atoms with Gasteiger partial charge in [0, 0.05) is 32.2 Å². The smallest absolute Gasteiger partial charge is 0.339 e. The van der Waals surface area contributed by atoms with Gasteiger partial charge in [0.25, 0.3) is 0 Å². The fourth-order valence-electron chi connectivity index (χ4n) is 2.76. The third-order valence-corrected chi connectivity index (χ3v) is 4.24. The molecular weight excluding hydrogens is 264 g/mol. The van der Waals surface area contributed by atoms with Crippen molar-refractivity contribution < 1.29 is 9.90 Å². The van der Waals surface area contributed by atoms with E-state index in [-0.39, 0.29) is 5.56 Å². The van der Waals surface area contributed by atoms with Crippen LogP contribution in [-0.4, -0.2) is 48.2 Å². The average Bonchev–Trinajstić information content (AvgIpc) is 3.22. The first-order chi connectivity index (χ1) is 9.16. The molecule has 0 atom stereocenters. The van der Waals surface area contributed by atoms with Gasteiger partial charge in [0.1, 0.15) is 5.56 Å². The van der Waals surface area contributed by atoms with Crippen LogP contribution in [0.1, 0.15) is 23.2 Å². The van der Waals surface area contributed by atoms with Crippen molar-refractivity contribution in [1.82, 2.24) is 4.90 Å². The molecule has 4 nitrogen and oxygen atoms in total. The van der Waals surface area contributed by atoms with E-state index in [2.05, 4.69) is 9.80 Å². The third-order valence-electron chi connectivity index (χ3n) is 3.92. The molecule has 0 bridgehead atoms. The summed E-state index contributed by atoms with van der Waals surface area (Å²) in [6, 6.07) is 6.08. The maximum Gasteiger partial charge on any atom is 0.339 e. The molecule has 1 saturated heterocycles. The molecule has 5 heteroatoms. The molecule has 1 heterocycles. The van der Waals surface area contributed by atoms with E-state index in [4.69, 9.17) is 11.6 Å². The summed E-state index contributed by atoms with van der Waals surface area (Å²) < 4.78 is 0. The Morgan fingerprint density at radius 2 is 1.89 bits per heavy atom. The minimum absolute atomic E-state index is 0.226. The zero-order valence-corrected chi connectivity index (χ0v) is 11.4. The molecule has 2 aliphatic rings. The maximum absolute atomic E-state index is 11.3. The van der Waals surface area contributed by atoms with Gasteiger partial charge in [0.05, 0.1) is 10.7 Å². The van der Waals surface area contributed by atoms with Crippen molar-refractivity contribution in [3.05, 3.63) is 28.8 Å². The molecule has 1 N–H and O–H groups in total. The molecule has 102 valence electrons. The van der Waals surface area contributed by atoms with E-state index >= 15 is 0 Å². The molecule has 0 unspecified atom stereocenters. The van der Waals surface area contributed by atoms with Gasteiger partial charge in [-0.3, -0.25) is 4.90 Å². The number of hydrogen-bond acceptors (Lipinski definition) is 3. The van der Waals surface area contributed by atoms with Crippen molar-refractivity contribution in [3.63, 3.8) is 0 Å². The first-order valence-electron chi connectivity index (χ1n) is 6.67. The molecule has 1 aliphatic carbocycles. The van der Waals surface area contributed by atoms with E-state index in [0.29, 0.717) is 5.02 Å². The van der Waals surface area contributed by atoms with Gasteiger partial charge in [-0.25, -0.2) is 4.79 Å². The summed E-state index contributed by atoms with van der Waals surface area (Å²) in [5.41, 5.74) is 0.972. The Balaban J connectivity index is 1.79. The van der Waals surface area contributed by atoms with Crippen LogP contribution in [-0.2, 0) is 0 Å². The van der Waals surface area contributed by atoms with Gasteiger partial charge in [-0.05, 0) is 25.0 Å². The van der Waals surface area contributed by atoms with Crippen molar-refractivity contribution in [2.45, 2.75) is 18.9 Å². The average molecular weight is 281 g/mol. The summed E-state index contributed by atoms with van der Waals surface area (Å²) in [4.78, 5) is 16.0. The van der Waals surface area contributed by atoms with Gasteiger partial charge >= 0.3 is 5.97 Å². The molecule has 3 rings (SSSR count). The molecule has 0 amide bonds. The second-order valence-corrected chi connectivity index (χ2v) is 5.60. The van der Waals surface area contributed by atoms with Crippen LogP contribution in [0.15, 0.2) is 18.2 Å². The molecule has 1 aromatic rings. The molecule has 0 radical (unpaired) electrons. The van der Waals surface area contributed by atoms with E-state index in [1.807, 2.05) is 12.1 Å². The van der Waals surface area contributed by atoms with Crippen LogP contribution in [0, 0.1) is 0 Å². The summed E-state index contributed by atoms with van der Waals surface area (Å²) in [6.07, 6.45) is 2.63. The molecular formula is C14H17ClN2O2. The minimum atomic E-state index is -0.953. The topological polar surface area (TPSA) is 43.8 Å². The number of benzene rings is 1. The molecule has 0 spiro atoms. The molecule has 19 heavy (non-hydrogen) atoms. The van der Waals surface area contributed by atoms with Crippen LogP contribution in [0.2, 0.25) is 5.02 Å². The van der Waals surface area contributed by atoms with Crippen LogP contribution in [0.4, 0.5) is 5.69 Å². The number of carboxylic acid groups (broad SMARTS) is 1. The molecule has 1 saturated carbocycles. The minimum Gasteiger partial charge on any atom is -0.478 e. The molecule has 2 fully saturated rings. The number of halogens is 1. The van der Waals surface area contributed by atoms with Crippen LogP contribution >= 0.6 is 11.6 Å². The highest BCUT2D eigenvalue weighted by Gasteiger charge is 2.32. The molecule has 1 aromatic carbocycles. The second-order valence-electron chi connectivity index (χ2n) is 5.19. The Labute approximate surface area is 117 Å². The van der Waals surface area contributed by atoms with Gasteiger partial charge in [0.15, 0.2) is 0 Å². The number of rotatable bonds is 3. The number of carbonyl (C=O) groups is 1. The lowest BCUT2D eigenvalue weighted by Crippen LogP contribution is -2.47. The zero-order valence-electron chi connectivity index (χ0n) is 10.7. The number of hydrogen-bond donors (Lipinski definition) is 1. The lowest BCUT2D eigenvalue weighted by Gasteiger charge is -2.36. The normalized spacial score (nSPS) is 20.6. The maximum atomic E-state index is 11.3. The first-order valence-corrected chi connectivity index (χ1v) is 7.05. The summed E-state index contributed by atoms with van der Waals surface area (Å²) in [5.74, 6) is -0.953. The molecule has 0 aromatic heterocycles. The van der Waals surface area contributed by atoms with Crippen LogP contribution in [0.3, 0.4) is 0 Å². The predicted molar refractivity (Wildman–Crippen MR) is 75.2 cm³/mol. The fourth-order valence-corrected chi connectivity index (χ4v) is 3.01. The summed E-state index contributed by atoms with van der Waals surface area (Å²) in [5, 5.41) is 9.62. The van der Waals surface area contributed by atoms with E-state index < -0.39 is 5.97 Å². The van der Waals surface area contributed by atoms with Gasteiger partial charge in [-0.1, -0.05) is 17.7 Å². The van der Waals surface area contributed by atoms with Gasteiger partial charge in [0.2, 0.25) is 0 Å². The quantitative estimate of drug-likeness (QED) is 0.923. The Bertz CT molecular complexity index is 494. The lowest BCUT2D eigenvalue weighted by molar-refractivity contribution is 0.0697. The highest BCUT2D eigenvalue weighted by atomic mass is 35.5. The predicted octanol–water partition coefficient (Wildman–Crippen LogP) is 2.32. The van der Waals surface area contributed by atoms with E-state index in [9.17, 15) is 9.90 Å². The Kier molecular flexibility index (Phi) is 3.37. The van der Waals surface area contributed by atoms with Gasteiger partial charge in [-0.15, -0.1) is 0 Å². The van der Waals surface area contributed by atoms with Crippen molar-refractivity contribution in [1.29, 1.82) is 0 Å². The third kappa shape index (κ3) is 2.55. The number of nitrogens with zero attached hydrogens (tertiary/aromatic N) is 2. The van der Waals surface area contributed by atoms with Gasteiger partial charge in [-0.2, -0.15) is 0 Å². The Morgan fingerprint density at radius 3 is 2.47 bits per heavy atom. The SMILES string of the molecule is O=C(O)c1c(Cl)cccc1N1CCN(C2CC2)CC1. The van der Waals surface area contributed by atoms with E-state index in [1.54, 1.807) is 6.07 Å². The van der Waals surface area contributed by atoms with Crippen LogP contribution in [0.25, 0.3) is 0 Å². The number of carboxylic acids is 1. The zero-order chi connectivity index (χ0) is 13.4. The molecule has 1 aliphatic heterocycles. The second kappa shape index (κ2) is 5.02. The van der Waals surface area contributed by atoms with Crippen LogP contribution < -0.4 is 4.90 Å². The van der Waals surface area contributed by atoms with Crippen molar-refractivity contribution >= 4 is 23.3 Å². The van der Waals surface area contributed by atoms with E-state index in [1.165, 1.54) is 12.8 Å². The fraction of sp³-hybridized carbons (Fsp3) is 0.500. The largest absolute Gasteiger partial charge is 0.478 e. The summed E-state index contributed by atoms with van der Waals surface area (Å²) >= 11 is 6.01. The summed E-state index contributed by atoms with van der Waals surface area (Å²) in [7, 11) is 0. The van der Waals surface area contributed by atoms with Crippen molar-refractivity contribution in [2.24, 2.45) is 0 Å². The summed E-state index contributed by atoms with van der Waals surface area (Å²) in [6.45, 7) is 3.76. The van der Waals surface area contributed by atoms with Gasteiger partial charge < -0.3 is 10.0 Å². The monoisotopic (exact) mass is 280 g/mol. The number of piperazine rings is 1. The first kappa shape index (κ1) is 12.8. The highest BCUT2D eigenvalue weighted by Crippen LogP contribution is 2.31. The standard InChI is InChI=1S/C14H17ClN2O2/c15-11-2-1-3-12(13(11)14(18)19)17-8-6-16(7-9-17)10-4-5-10/h1-3,10H,4-9H2,(H,18,19). The number of anilines is 1. The highest BCUT2D eigenvalue weighted by molar-refractivity contribution is 6.34. The van der Waals surface area contributed by atoms with Crippen molar-refractivity contribution in [3.8, 4) is 0 Å². The van der Waals surface area contributed by atoms with E-state index in [0.717, 1.165) is 37.9 Å². The van der Waals surface area contributed by atoms with Crippen LogP contribution in [0.5, 0.6) is 0 Å².